The smallest absolute Gasteiger partial charge is 0.330 e. The largest absolute Gasteiger partial charge is 0.462 e. The van der Waals surface area contributed by atoms with Gasteiger partial charge in [-0.2, -0.15) is 0 Å². The number of esters is 1. The second-order valence-electron chi connectivity index (χ2n) is 4.12. The monoisotopic (exact) mass is 198 g/mol. The Morgan fingerprint density at radius 1 is 1.43 bits per heavy atom. The third kappa shape index (κ3) is 7.84. The van der Waals surface area contributed by atoms with E-state index in [1.54, 1.807) is 6.08 Å². The van der Waals surface area contributed by atoms with Crippen molar-refractivity contribution in [1.82, 2.24) is 0 Å². The van der Waals surface area contributed by atoms with Gasteiger partial charge in [-0.1, -0.05) is 32.8 Å². The molecule has 0 saturated heterocycles. The van der Waals surface area contributed by atoms with E-state index in [0.29, 0.717) is 12.5 Å². The zero-order chi connectivity index (χ0) is 11.0. The fraction of sp³-hybridized carbons (Fsp3) is 0.750. The first-order chi connectivity index (χ1) is 6.56. The normalized spacial score (nSPS) is 11.9. The molecule has 82 valence electrons. The van der Waals surface area contributed by atoms with Gasteiger partial charge in [-0.25, -0.2) is 4.79 Å². The van der Waals surface area contributed by atoms with Gasteiger partial charge in [-0.15, -0.1) is 0 Å². The lowest BCUT2D eigenvalue weighted by Crippen LogP contribution is -2.07. The van der Waals surface area contributed by atoms with Gasteiger partial charge in [0.2, 0.25) is 0 Å². The Labute approximate surface area is 87.3 Å². The van der Waals surface area contributed by atoms with Crippen LogP contribution in [0.5, 0.6) is 0 Å². The molecule has 14 heavy (non-hydrogen) atoms. The van der Waals surface area contributed by atoms with Crippen molar-refractivity contribution < 1.29 is 9.53 Å². The van der Waals surface area contributed by atoms with E-state index in [1.807, 2.05) is 20.8 Å². The van der Waals surface area contributed by atoms with Gasteiger partial charge in [0, 0.05) is 6.08 Å². The van der Waals surface area contributed by atoms with Crippen LogP contribution in [0.4, 0.5) is 0 Å². The molecule has 0 atom stereocenters. The molecule has 0 aliphatic heterocycles. The lowest BCUT2D eigenvalue weighted by atomic mass is 10.1. The van der Waals surface area contributed by atoms with Crippen LogP contribution in [0.1, 0.15) is 47.0 Å². The first-order valence-corrected chi connectivity index (χ1v) is 5.40. The first kappa shape index (κ1) is 13.2. The molecular weight excluding hydrogens is 176 g/mol. The fourth-order valence-electron chi connectivity index (χ4n) is 1.02. The summed E-state index contributed by atoms with van der Waals surface area (Å²) in [6, 6.07) is 0. The molecule has 0 heterocycles. The highest BCUT2D eigenvalue weighted by Crippen LogP contribution is 2.06. The number of ether oxygens (including phenoxy) is 1. The summed E-state index contributed by atoms with van der Waals surface area (Å²) in [5, 5.41) is 0. The summed E-state index contributed by atoms with van der Waals surface area (Å²) >= 11 is 0. The number of carbonyl (C=O) groups excluding carboxylic acids is 1. The minimum atomic E-state index is -0.202. The van der Waals surface area contributed by atoms with Gasteiger partial charge in [0.15, 0.2) is 0 Å². The first-order valence-electron chi connectivity index (χ1n) is 5.40. The summed E-state index contributed by atoms with van der Waals surface area (Å²) in [5.41, 5.74) is 1.11. The van der Waals surface area contributed by atoms with E-state index in [2.05, 4.69) is 6.92 Å². The fourth-order valence-corrected chi connectivity index (χ4v) is 1.02. The quantitative estimate of drug-likeness (QED) is 0.483. The minimum absolute atomic E-state index is 0.202. The van der Waals surface area contributed by atoms with Gasteiger partial charge in [0.05, 0.1) is 6.61 Å². The van der Waals surface area contributed by atoms with Gasteiger partial charge in [0.25, 0.3) is 0 Å². The molecule has 2 nitrogen and oxygen atoms in total. The van der Waals surface area contributed by atoms with Crippen LogP contribution in [0.15, 0.2) is 11.6 Å². The topological polar surface area (TPSA) is 26.3 Å². The van der Waals surface area contributed by atoms with Crippen LogP contribution in [-0.4, -0.2) is 12.6 Å². The van der Waals surface area contributed by atoms with Crippen molar-refractivity contribution in [3.8, 4) is 0 Å². The summed E-state index contributed by atoms with van der Waals surface area (Å²) in [6.07, 6.45) is 4.90. The maximum absolute atomic E-state index is 11.2. The second-order valence-corrected chi connectivity index (χ2v) is 4.12. The number of carbonyl (C=O) groups is 1. The predicted octanol–water partition coefficient (Wildman–Crippen LogP) is 3.32. The van der Waals surface area contributed by atoms with Crippen molar-refractivity contribution in [2.24, 2.45) is 5.92 Å². The molecule has 0 amide bonds. The maximum atomic E-state index is 11.2. The SMILES string of the molecule is CCCC/C(C)=C/C(=O)OCC(C)C. The zero-order valence-corrected chi connectivity index (χ0v) is 9.80. The Balaban J connectivity index is 3.77. The molecule has 0 spiro atoms. The van der Waals surface area contributed by atoms with E-state index in [1.165, 1.54) is 0 Å². The molecule has 0 rings (SSSR count). The maximum Gasteiger partial charge on any atom is 0.330 e. The Bertz CT molecular complexity index is 192. The molecule has 0 saturated carbocycles. The number of rotatable bonds is 6. The van der Waals surface area contributed by atoms with Gasteiger partial charge in [-0.05, 0) is 25.7 Å². The van der Waals surface area contributed by atoms with Crippen LogP contribution in [0, 0.1) is 5.92 Å². The molecule has 0 aromatic carbocycles. The summed E-state index contributed by atoms with van der Waals surface area (Å²) in [4.78, 5) is 11.2. The van der Waals surface area contributed by atoms with Crippen molar-refractivity contribution in [2.75, 3.05) is 6.61 Å². The van der Waals surface area contributed by atoms with Gasteiger partial charge < -0.3 is 4.74 Å². The van der Waals surface area contributed by atoms with Crippen LogP contribution < -0.4 is 0 Å². The number of hydrogen-bond acceptors (Lipinski definition) is 2. The predicted molar refractivity (Wildman–Crippen MR) is 59.1 cm³/mol. The lowest BCUT2D eigenvalue weighted by molar-refractivity contribution is -0.138. The summed E-state index contributed by atoms with van der Waals surface area (Å²) in [6.45, 7) is 8.69. The van der Waals surface area contributed by atoms with Crippen LogP contribution in [0.3, 0.4) is 0 Å². The Kier molecular flexibility index (Phi) is 7.17. The second kappa shape index (κ2) is 7.60. The van der Waals surface area contributed by atoms with Crippen molar-refractivity contribution in [3.63, 3.8) is 0 Å². The standard InChI is InChI=1S/C12H22O2/c1-5-6-7-11(4)8-12(13)14-9-10(2)3/h8,10H,5-7,9H2,1-4H3/b11-8+. The third-order valence-electron chi connectivity index (χ3n) is 1.85. The summed E-state index contributed by atoms with van der Waals surface area (Å²) < 4.78 is 5.04. The van der Waals surface area contributed by atoms with Crippen molar-refractivity contribution >= 4 is 5.97 Å². The van der Waals surface area contributed by atoms with Crippen LogP contribution in [-0.2, 0) is 9.53 Å². The van der Waals surface area contributed by atoms with Gasteiger partial charge >= 0.3 is 5.97 Å². The van der Waals surface area contributed by atoms with E-state index in [0.717, 1.165) is 24.8 Å². The highest BCUT2D eigenvalue weighted by molar-refractivity contribution is 5.82. The molecule has 2 heteroatoms. The average molecular weight is 198 g/mol. The Morgan fingerprint density at radius 3 is 2.57 bits per heavy atom. The molecule has 0 bridgehead atoms. The third-order valence-corrected chi connectivity index (χ3v) is 1.85. The van der Waals surface area contributed by atoms with E-state index in [-0.39, 0.29) is 5.97 Å². The highest BCUT2D eigenvalue weighted by Gasteiger charge is 2.01. The molecule has 0 aromatic rings. The highest BCUT2D eigenvalue weighted by atomic mass is 16.5. The van der Waals surface area contributed by atoms with Crippen molar-refractivity contribution in [2.45, 2.75) is 47.0 Å². The Morgan fingerprint density at radius 2 is 2.07 bits per heavy atom. The molecule has 0 fully saturated rings. The molecule has 0 aliphatic rings. The average Bonchev–Trinajstić information content (AvgIpc) is 2.11. The van der Waals surface area contributed by atoms with E-state index >= 15 is 0 Å². The molecular formula is C12H22O2. The summed E-state index contributed by atoms with van der Waals surface area (Å²) in [5.74, 6) is 0.204. The molecule has 0 N–H and O–H groups in total. The molecule has 0 aromatic heterocycles. The van der Waals surface area contributed by atoms with E-state index < -0.39 is 0 Å². The van der Waals surface area contributed by atoms with Crippen LogP contribution in [0.2, 0.25) is 0 Å². The number of allylic oxidation sites excluding steroid dienone is 1. The summed E-state index contributed by atoms with van der Waals surface area (Å²) in [7, 11) is 0. The minimum Gasteiger partial charge on any atom is -0.462 e. The zero-order valence-electron chi connectivity index (χ0n) is 9.80. The number of hydrogen-bond donors (Lipinski definition) is 0. The molecule has 0 aliphatic carbocycles. The number of unbranched alkanes of at least 4 members (excludes halogenated alkanes) is 1. The van der Waals surface area contributed by atoms with E-state index in [4.69, 9.17) is 4.74 Å². The van der Waals surface area contributed by atoms with Crippen molar-refractivity contribution in [1.29, 1.82) is 0 Å². The van der Waals surface area contributed by atoms with Crippen LogP contribution in [0.25, 0.3) is 0 Å². The van der Waals surface area contributed by atoms with Crippen molar-refractivity contribution in [3.05, 3.63) is 11.6 Å². The lowest BCUT2D eigenvalue weighted by Gasteiger charge is -2.05. The van der Waals surface area contributed by atoms with Gasteiger partial charge in [0.1, 0.15) is 0 Å². The molecule has 0 radical (unpaired) electrons. The van der Waals surface area contributed by atoms with E-state index in [9.17, 15) is 4.79 Å². The molecule has 0 unspecified atom stereocenters. The van der Waals surface area contributed by atoms with Crippen LogP contribution >= 0.6 is 0 Å². The van der Waals surface area contributed by atoms with Gasteiger partial charge in [-0.3, -0.25) is 0 Å². The Hall–Kier alpha value is -0.790.